The molecule has 5 heteroatoms. The Kier molecular flexibility index (Phi) is 14.7. The number of likely N-dealkylation sites (N-methyl/N-ethyl adjacent to an activating group) is 2. The number of halogens is 1. The molecule has 31 heavy (non-hydrogen) atoms. The molecule has 0 N–H and O–H groups in total. The van der Waals surface area contributed by atoms with Crippen LogP contribution >= 0.6 is 12.4 Å². The summed E-state index contributed by atoms with van der Waals surface area (Å²) >= 11 is 0. The van der Waals surface area contributed by atoms with Gasteiger partial charge in [-0.25, -0.2) is 0 Å². The number of carbonyl (C=O) groups is 2. The Morgan fingerprint density at radius 3 is 1.10 bits per heavy atom. The Morgan fingerprint density at radius 2 is 0.871 bits per heavy atom. The molecule has 0 spiro atoms. The fourth-order valence-electron chi connectivity index (χ4n) is 3.56. The van der Waals surface area contributed by atoms with Crippen molar-refractivity contribution in [1.82, 2.24) is 9.80 Å². The molecule has 172 valence electrons. The van der Waals surface area contributed by atoms with E-state index in [-0.39, 0.29) is 36.1 Å². The van der Waals surface area contributed by atoms with Crippen LogP contribution < -0.4 is 0 Å². The molecule has 4 nitrogen and oxygen atoms in total. The van der Waals surface area contributed by atoms with Gasteiger partial charge in [0.2, 0.25) is 0 Å². The van der Waals surface area contributed by atoms with Gasteiger partial charge in [-0.1, -0.05) is 88.4 Å². The number of rotatable bonds is 10. The zero-order valence-corrected chi connectivity index (χ0v) is 20.7. The largest absolute Gasteiger partial charge is 0.294 e. The molecule has 0 heterocycles. The van der Waals surface area contributed by atoms with E-state index >= 15 is 0 Å². The van der Waals surface area contributed by atoms with Gasteiger partial charge in [0.1, 0.15) is 0 Å². The fourth-order valence-corrected chi connectivity index (χ4v) is 3.56. The van der Waals surface area contributed by atoms with Crippen molar-refractivity contribution in [3.63, 3.8) is 0 Å². The minimum atomic E-state index is -0.0256. The lowest BCUT2D eigenvalue weighted by molar-refractivity contribution is 0.0845. The summed E-state index contributed by atoms with van der Waals surface area (Å²) in [6, 6.07) is 18.9. The monoisotopic (exact) mass is 446 g/mol. The highest BCUT2D eigenvalue weighted by Gasteiger charge is 2.20. The van der Waals surface area contributed by atoms with Gasteiger partial charge in [0.05, 0.1) is 12.1 Å². The first-order valence-corrected chi connectivity index (χ1v) is 11.1. The Morgan fingerprint density at radius 1 is 0.613 bits per heavy atom. The predicted octanol–water partition coefficient (Wildman–Crippen LogP) is 5.62. The quantitative estimate of drug-likeness (QED) is 0.444. The van der Waals surface area contributed by atoms with Crippen molar-refractivity contribution in [3.8, 4) is 0 Å². The van der Waals surface area contributed by atoms with Crippen LogP contribution in [0.3, 0.4) is 0 Å². The first-order chi connectivity index (χ1) is 14.4. The zero-order valence-electron chi connectivity index (χ0n) is 19.9. The van der Waals surface area contributed by atoms with Crippen LogP contribution in [0, 0.1) is 0 Å². The Balaban J connectivity index is 0.000000562. The number of hydrogen-bond donors (Lipinski definition) is 0. The highest BCUT2D eigenvalue weighted by Crippen LogP contribution is 2.09. The van der Waals surface area contributed by atoms with Gasteiger partial charge >= 0.3 is 0 Å². The number of carbonyl (C=O) groups excluding carboxylic acids is 2. The molecule has 0 radical (unpaired) electrons. The van der Waals surface area contributed by atoms with Crippen molar-refractivity contribution >= 4 is 24.0 Å². The van der Waals surface area contributed by atoms with E-state index in [0.717, 1.165) is 37.3 Å². The maximum atomic E-state index is 12.1. The van der Waals surface area contributed by atoms with E-state index in [9.17, 15) is 9.59 Å². The summed E-state index contributed by atoms with van der Waals surface area (Å²) in [5, 5.41) is 0. The third-order valence-electron chi connectivity index (χ3n) is 5.60. The van der Waals surface area contributed by atoms with Crippen molar-refractivity contribution < 1.29 is 9.59 Å². The lowest BCUT2D eigenvalue weighted by Gasteiger charge is -2.25. The highest BCUT2D eigenvalue weighted by atomic mass is 35.5. The molecule has 2 aromatic carbocycles. The van der Waals surface area contributed by atoms with Crippen LogP contribution in [0.4, 0.5) is 0 Å². The number of hydrogen-bond acceptors (Lipinski definition) is 4. The number of Topliss-reactive ketones (excluding diaryl/α,β-unsaturated/α-hetero) is 2. The van der Waals surface area contributed by atoms with Gasteiger partial charge in [-0.2, -0.15) is 0 Å². The average molecular weight is 447 g/mol. The molecular weight excluding hydrogens is 408 g/mol. The van der Waals surface area contributed by atoms with Crippen LogP contribution in [0.5, 0.6) is 0 Å². The average Bonchev–Trinajstić information content (AvgIpc) is 2.81. The molecule has 0 saturated heterocycles. The van der Waals surface area contributed by atoms with E-state index < -0.39 is 0 Å². The molecule has 0 amide bonds. The summed E-state index contributed by atoms with van der Waals surface area (Å²) in [4.78, 5) is 28.4. The number of ketones is 2. The van der Waals surface area contributed by atoms with Crippen molar-refractivity contribution in [2.45, 2.75) is 53.6 Å². The number of benzene rings is 2. The first kappa shape index (κ1) is 29.0. The lowest BCUT2D eigenvalue weighted by atomic mass is 10.0. The molecular formula is C26H39ClN2O2. The molecule has 2 rings (SSSR count). The molecule has 0 bridgehead atoms. The molecule has 0 aromatic heterocycles. The fraction of sp³-hybridized carbons (Fsp3) is 0.462. The zero-order chi connectivity index (χ0) is 22.5. The Bertz CT molecular complexity index is 679. The minimum Gasteiger partial charge on any atom is -0.294 e. The van der Waals surface area contributed by atoms with Crippen LogP contribution in [0.15, 0.2) is 60.7 Å². The molecule has 0 saturated carbocycles. The van der Waals surface area contributed by atoms with Crippen molar-refractivity contribution in [2.24, 2.45) is 0 Å². The van der Waals surface area contributed by atoms with E-state index in [4.69, 9.17) is 0 Å². The molecule has 0 aliphatic carbocycles. The smallest absolute Gasteiger partial charge is 0.179 e. The summed E-state index contributed by atoms with van der Waals surface area (Å²) < 4.78 is 0. The van der Waals surface area contributed by atoms with Crippen LogP contribution in [0.1, 0.15) is 62.3 Å². The highest BCUT2D eigenvalue weighted by molar-refractivity contribution is 6.00. The molecule has 0 fully saturated rings. The normalized spacial score (nSPS) is 12.4. The summed E-state index contributed by atoms with van der Waals surface area (Å²) in [6.07, 6.45) is 0. The molecule has 0 aliphatic heterocycles. The van der Waals surface area contributed by atoms with Gasteiger partial charge in [-0.3, -0.25) is 19.4 Å². The first-order valence-electron chi connectivity index (χ1n) is 11.1. The van der Waals surface area contributed by atoms with Gasteiger partial charge in [0.25, 0.3) is 0 Å². The van der Waals surface area contributed by atoms with E-state index in [1.54, 1.807) is 0 Å². The standard InChI is InChI=1S/2C13H19NO.ClH/c2*1-4-14(5-2)11(3)13(15)12-9-7-6-8-10-12;/h2*6-11H,4-5H2,1-3H3;1H. The van der Waals surface area contributed by atoms with Crippen molar-refractivity contribution in [2.75, 3.05) is 26.2 Å². The Labute approximate surface area is 195 Å². The van der Waals surface area contributed by atoms with Crippen LogP contribution in [-0.4, -0.2) is 59.6 Å². The lowest BCUT2D eigenvalue weighted by Crippen LogP contribution is -2.38. The van der Waals surface area contributed by atoms with E-state index in [0.29, 0.717) is 0 Å². The summed E-state index contributed by atoms with van der Waals surface area (Å²) in [6.45, 7) is 15.9. The summed E-state index contributed by atoms with van der Waals surface area (Å²) in [5.41, 5.74) is 1.61. The minimum absolute atomic E-state index is 0. The van der Waals surface area contributed by atoms with E-state index in [1.807, 2.05) is 74.5 Å². The van der Waals surface area contributed by atoms with E-state index in [2.05, 4.69) is 37.5 Å². The second-order valence-corrected chi connectivity index (χ2v) is 7.25. The Hall–Kier alpha value is -2.01. The maximum Gasteiger partial charge on any atom is 0.179 e. The van der Waals surface area contributed by atoms with Gasteiger partial charge in [-0.15, -0.1) is 12.4 Å². The second-order valence-electron chi connectivity index (χ2n) is 7.25. The van der Waals surface area contributed by atoms with Crippen molar-refractivity contribution in [3.05, 3.63) is 71.8 Å². The number of nitrogens with zero attached hydrogens (tertiary/aromatic N) is 2. The third kappa shape index (κ3) is 8.94. The van der Waals surface area contributed by atoms with Crippen LogP contribution in [0.25, 0.3) is 0 Å². The SMILES string of the molecule is CCN(CC)C(C)C(=O)c1ccccc1.CCN(CC)C(C)C(=O)c1ccccc1.Cl. The molecule has 2 atom stereocenters. The van der Waals surface area contributed by atoms with E-state index in [1.165, 1.54) is 0 Å². The summed E-state index contributed by atoms with van der Waals surface area (Å²) in [5.74, 6) is 0.415. The van der Waals surface area contributed by atoms with Gasteiger partial charge < -0.3 is 0 Å². The maximum absolute atomic E-state index is 12.1. The second kappa shape index (κ2) is 15.7. The predicted molar refractivity (Wildman–Crippen MR) is 134 cm³/mol. The van der Waals surface area contributed by atoms with Gasteiger partial charge in [0.15, 0.2) is 11.6 Å². The molecule has 0 aliphatic rings. The van der Waals surface area contributed by atoms with Crippen molar-refractivity contribution in [1.29, 1.82) is 0 Å². The van der Waals surface area contributed by atoms with Crippen LogP contribution in [-0.2, 0) is 0 Å². The van der Waals surface area contributed by atoms with Crippen LogP contribution in [0.2, 0.25) is 0 Å². The molecule has 2 unspecified atom stereocenters. The summed E-state index contributed by atoms with van der Waals surface area (Å²) in [7, 11) is 0. The third-order valence-corrected chi connectivity index (χ3v) is 5.60. The molecule has 2 aromatic rings. The topological polar surface area (TPSA) is 40.6 Å². The van der Waals surface area contributed by atoms with Gasteiger partial charge in [-0.05, 0) is 40.0 Å². The van der Waals surface area contributed by atoms with Gasteiger partial charge in [0, 0.05) is 11.1 Å².